The molecule has 0 atom stereocenters. The monoisotopic (exact) mass is 295 g/mol. The molecule has 0 fully saturated rings. The second kappa shape index (κ2) is 8.04. The van der Waals surface area contributed by atoms with Crippen LogP contribution in [0, 0.1) is 5.82 Å². The lowest BCUT2D eigenvalue weighted by molar-refractivity contribution is -0.133. The van der Waals surface area contributed by atoms with Crippen molar-refractivity contribution in [2.45, 2.75) is 13.8 Å². The van der Waals surface area contributed by atoms with Crippen molar-refractivity contribution < 1.29 is 23.8 Å². The molecule has 1 aromatic carbocycles. The van der Waals surface area contributed by atoms with E-state index in [1.54, 1.807) is 4.90 Å². The van der Waals surface area contributed by atoms with Gasteiger partial charge in [0.05, 0.1) is 0 Å². The largest absolute Gasteiger partial charge is 0.483 e. The first-order chi connectivity index (χ1) is 9.97. The molecule has 1 N–H and O–H groups in total. The summed E-state index contributed by atoms with van der Waals surface area (Å²) in [6.07, 6.45) is 2.11. The smallest absolute Gasteiger partial charge is 0.328 e. The molecule has 1 amide bonds. The summed E-state index contributed by atoms with van der Waals surface area (Å²) < 4.78 is 18.6. The molecule has 0 unspecified atom stereocenters. The molecule has 0 radical (unpaired) electrons. The van der Waals surface area contributed by atoms with Crippen LogP contribution >= 0.6 is 0 Å². The van der Waals surface area contributed by atoms with E-state index in [0.29, 0.717) is 13.1 Å². The van der Waals surface area contributed by atoms with Gasteiger partial charge in [-0.25, -0.2) is 9.18 Å². The molecule has 0 heterocycles. The molecule has 0 saturated carbocycles. The van der Waals surface area contributed by atoms with Gasteiger partial charge in [-0.1, -0.05) is 0 Å². The predicted molar refractivity (Wildman–Crippen MR) is 76.5 cm³/mol. The lowest BCUT2D eigenvalue weighted by atomic mass is 10.2. The van der Waals surface area contributed by atoms with Crippen LogP contribution in [0.2, 0.25) is 0 Å². The Morgan fingerprint density at radius 3 is 2.57 bits per heavy atom. The van der Waals surface area contributed by atoms with Crippen molar-refractivity contribution in [3.05, 3.63) is 35.7 Å². The summed E-state index contributed by atoms with van der Waals surface area (Å²) in [6.45, 7) is 4.70. The first-order valence-electron chi connectivity index (χ1n) is 6.59. The molecule has 0 aromatic heterocycles. The number of hydrogen-bond donors (Lipinski definition) is 1. The normalized spacial score (nSPS) is 10.6. The highest BCUT2D eigenvalue weighted by molar-refractivity contribution is 5.86. The van der Waals surface area contributed by atoms with Crippen LogP contribution in [0.1, 0.15) is 19.4 Å². The van der Waals surface area contributed by atoms with Gasteiger partial charge in [-0.05, 0) is 38.1 Å². The number of carbonyl (C=O) groups excluding carboxylic acids is 1. The number of carboxylic acid groups (broad SMARTS) is 1. The van der Waals surface area contributed by atoms with E-state index in [2.05, 4.69) is 0 Å². The molecular weight excluding hydrogens is 277 g/mol. The SMILES string of the molecule is CCN(CC)C(=O)COc1ccc(F)cc1/C=C/C(=O)O. The lowest BCUT2D eigenvalue weighted by Gasteiger charge is -2.19. The Bertz CT molecular complexity index is 538. The first kappa shape index (κ1) is 16.7. The number of rotatable bonds is 7. The van der Waals surface area contributed by atoms with E-state index >= 15 is 0 Å². The third-order valence-electron chi connectivity index (χ3n) is 2.84. The van der Waals surface area contributed by atoms with E-state index in [1.165, 1.54) is 18.2 Å². The molecule has 1 rings (SSSR count). The lowest BCUT2D eigenvalue weighted by Crippen LogP contribution is -2.34. The van der Waals surface area contributed by atoms with Gasteiger partial charge in [0.15, 0.2) is 6.61 Å². The van der Waals surface area contributed by atoms with Crippen LogP contribution in [0.3, 0.4) is 0 Å². The standard InChI is InChI=1S/C15H18FNO4/c1-3-17(4-2)14(18)10-21-13-7-6-12(16)9-11(13)5-8-15(19)20/h5-9H,3-4,10H2,1-2H3,(H,19,20)/b8-5+. The Morgan fingerprint density at radius 1 is 1.33 bits per heavy atom. The van der Waals surface area contributed by atoms with E-state index in [-0.39, 0.29) is 23.8 Å². The maximum Gasteiger partial charge on any atom is 0.328 e. The van der Waals surface area contributed by atoms with E-state index in [1.807, 2.05) is 13.8 Å². The number of carbonyl (C=O) groups is 2. The Balaban J connectivity index is 2.83. The fourth-order valence-electron chi connectivity index (χ4n) is 1.75. The van der Waals surface area contributed by atoms with Crippen LogP contribution in [-0.2, 0) is 9.59 Å². The Morgan fingerprint density at radius 2 is 2.00 bits per heavy atom. The molecule has 6 heteroatoms. The van der Waals surface area contributed by atoms with Gasteiger partial charge in [0.2, 0.25) is 0 Å². The summed E-state index contributed by atoms with van der Waals surface area (Å²) >= 11 is 0. The molecule has 0 aliphatic heterocycles. The fraction of sp³-hybridized carbons (Fsp3) is 0.333. The average Bonchev–Trinajstić information content (AvgIpc) is 2.45. The molecule has 1 aromatic rings. The second-order valence-corrected chi connectivity index (χ2v) is 4.21. The number of likely N-dealkylation sites (N-methyl/N-ethyl adjacent to an activating group) is 1. The molecule has 21 heavy (non-hydrogen) atoms. The Kier molecular flexibility index (Phi) is 6.39. The zero-order valence-electron chi connectivity index (χ0n) is 12.0. The minimum absolute atomic E-state index is 0.179. The van der Waals surface area contributed by atoms with Crippen molar-refractivity contribution in [1.82, 2.24) is 4.90 Å². The summed E-state index contributed by atoms with van der Waals surface area (Å²) in [6, 6.07) is 3.71. The molecule has 0 aliphatic carbocycles. The van der Waals surface area contributed by atoms with Gasteiger partial charge in [-0.15, -0.1) is 0 Å². The highest BCUT2D eigenvalue weighted by atomic mass is 19.1. The van der Waals surface area contributed by atoms with Gasteiger partial charge >= 0.3 is 5.97 Å². The zero-order valence-corrected chi connectivity index (χ0v) is 12.0. The molecule has 114 valence electrons. The summed E-state index contributed by atoms with van der Waals surface area (Å²) in [5.41, 5.74) is 0.268. The van der Waals surface area contributed by atoms with Crippen LogP contribution in [0.5, 0.6) is 5.75 Å². The number of amides is 1. The fourth-order valence-corrected chi connectivity index (χ4v) is 1.75. The van der Waals surface area contributed by atoms with E-state index in [4.69, 9.17) is 9.84 Å². The van der Waals surface area contributed by atoms with Crippen LogP contribution < -0.4 is 4.74 Å². The highest BCUT2D eigenvalue weighted by Gasteiger charge is 2.11. The van der Waals surface area contributed by atoms with Crippen molar-refractivity contribution in [3.8, 4) is 5.75 Å². The van der Waals surface area contributed by atoms with Gasteiger partial charge in [0.1, 0.15) is 11.6 Å². The average molecular weight is 295 g/mol. The summed E-state index contributed by atoms with van der Waals surface area (Å²) in [4.78, 5) is 24.0. The zero-order chi connectivity index (χ0) is 15.8. The van der Waals surface area contributed by atoms with Crippen LogP contribution in [0.25, 0.3) is 6.08 Å². The molecule has 0 spiro atoms. The first-order valence-corrected chi connectivity index (χ1v) is 6.59. The van der Waals surface area contributed by atoms with Crippen molar-refractivity contribution in [3.63, 3.8) is 0 Å². The number of hydrogen-bond acceptors (Lipinski definition) is 3. The topological polar surface area (TPSA) is 66.8 Å². The number of benzene rings is 1. The highest BCUT2D eigenvalue weighted by Crippen LogP contribution is 2.21. The van der Waals surface area contributed by atoms with Crippen molar-refractivity contribution >= 4 is 18.0 Å². The number of aliphatic carboxylic acids is 1. The van der Waals surface area contributed by atoms with Gasteiger partial charge < -0.3 is 14.7 Å². The van der Waals surface area contributed by atoms with E-state index in [0.717, 1.165) is 12.1 Å². The number of ether oxygens (including phenoxy) is 1. The summed E-state index contributed by atoms with van der Waals surface area (Å²) in [5, 5.41) is 8.61. The third kappa shape index (κ3) is 5.25. The molecule has 0 aliphatic rings. The molecule has 0 saturated heterocycles. The number of nitrogens with zero attached hydrogens (tertiary/aromatic N) is 1. The molecule has 0 bridgehead atoms. The van der Waals surface area contributed by atoms with Crippen molar-refractivity contribution in [2.24, 2.45) is 0 Å². The van der Waals surface area contributed by atoms with E-state index < -0.39 is 11.8 Å². The maximum absolute atomic E-state index is 13.2. The third-order valence-corrected chi connectivity index (χ3v) is 2.84. The number of halogens is 1. The van der Waals surface area contributed by atoms with Crippen LogP contribution in [0.4, 0.5) is 4.39 Å². The minimum atomic E-state index is -1.15. The van der Waals surface area contributed by atoms with Gasteiger partial charge in [0.25, 0.3) is 5.91 Å². The van der Waals surface area contributed by atoms with E-state index in [9.17, 15) is 14.0 Å². The van der Waals surface area contributed by atoms with Gasteiger partial charge in [-0.2, -0.15) is 0 Å². The number of carboxylic acids is 1. The molecular formula is C15H18FNO4. The second-order valence-electron chi connectivity index (χ2n) is 4.21. The van der Waals surface area contributed by atoms with Crippen LogP contribution in [0.15, 0.2) is 24.3 Å². The Hall–Kier alpha value is -2.37. The predicted octanol–water partition coefficient (Wildman–Crippen LogP) is 2.17. The van der Waals surface area contributed by atoms with Gasteiger partial charge in [0, 0.05) is 24.7 Å². The summed E-state index contributed by atoms with van der Waals surface area (Å²) in [7, 11) is 0. The minimum Gasteiger partial charge on any atom is -0.483 e. The van der Waals surface area contributed by atoms with Crippen molar-refractivity contribution in [2.75, 3.05) is 19.7 Å². The quantitative estimate of drug-likeness (QED) is 0.783. The summed E-state index contributed by atoms with van der Waals surface area (Å²) in [5.74, 6) is -1.58. The Labute approximate surface area is 122 Å². The molecule has 5 nitrogen and oxygen atoms in total. The maximum atomic E-state index is 13.2. The van der Waals surface area contributed by atoms with Crippen molar-refractivity contribution in [1.29, 1.82) is 0 Å². The van der Waals surface area contributed by atoms with Gasteiger partial charge in [-0.3, -0.25) is 4.79 Å². The van der Waals surface area contributed by atoms with Crippen LogP contribution in [-0.4, -0.2) is 41.6 Å².